The van der Waals surface area contributed by atoms with Gasteiger partial charge in [-0.05, 0) is 42.9 Å². The van der Waals surface area contributed by atoms with Crippen molar-refractivity contribution < 1.29 is 9.84 Å². The van der Waals surface area contributed by atoms with Crippen LogP contribution in [0.3, 0.4) is 0 Å². The van der Waals surface area contributed by atoms with Crippen LogP contribution in [0, 0.1) is 5.92 Å². The number of hydrogen-bond acceptors (Lipinski definition) is 4. The van der Waals surface area contributed by atoms with Crippen LogP contribution in [-0.2, 0) is 4.74 Å². The lowest BCUT2D eigenvalue weighted by atomic mass is 9.80. The average Bonchev–Trinajstić information content (AvgIpc) is 2.69. The van der Waals surface area contributed by atoms with Crippen LogP contribution in [0.2, 0.25) is 0 Å². The largest absolute Gasteiger partial charge is 0.511 e. The third kappa shape index (κ3) is 5.48. The van der Waals surface area contributed by atoms with Gasteiger partial charge in [-0.15, -0.1) is 0 Å². The number of hydrogen-bond donors (Lipinski definition) is 2. The Hall–Kier alpha value is -2.07. The van der Waals surface area contributed by atoms with Crippen LogP contribution in [0.1, 0.15) is 69.1 Å². The quantitative estimate of drug-likeness (QED) is 0.416. The maximum Gasteiger partial charge on any atom is 0.108 e. The second kappa shape index (κ2) is 10.5. The molecule has 0 aromatic heterocycles. The van der Waals surface area contributed by atoms with Crippen molar-refractivity contribution in [3.8, 4) is 0 Å². The highest BCUT2D eigenvalue weighted by Gasteiger charge is 2.32. The third-order valence-electron chi connectivity index (χ3n) is 5.82. The maximum atomic E-state index is 10.0. The lowest BCUT2D eigenvalue weighted by Gasteiger charge is -2.36. The van der Waals surface area contributed by atoms with E-state index < -0.39 is 0 Å². The molecule has 4 nitrogen and oxygen atoms in total. The van der Waals surface area contributed by atoms with Gasteiger partial charge >= 0.3 is 0 Å². The molecule has 0 amide bonds. The van der Waals surface area contributed by atoms with Crippen LogP contribution in [0.25, 0.3) is 5.70 Å². The zero-order chi connectivity index (χ0) is 20.7. The number of unbranched alkanes of at least 4 members (excludes halogenated alkanes) is 1. The van der Waals surface area contributed by atoms with Crippen LogP contribution in [-0.4, -0.2) is 37.1 Å². The predicted octanol–water partition coefficient (Wildman–Crippen LogP) is 5.45. The number of aliphatic hydroxyl groups is 1. The molecule has 0 spiro atoms. The summed E-state index contributed by atoms with van der Waals surface area (Å²) >= 11 is 0. The van der Waals surface area contributed by atoms with Crippen molar-refractivity contribution in [3.63, 3.8) is 0 Å². The lowest BCUT2D eigenvalue weighted by molar-refractivity contribution is 0.179. The van der Waals surface area contributed by atoms with Gasteiger partial charge in [0.15, 0.2) is 0 Å². The summed E-state index contributed by atoms with van der Waals surface area (Å²) in [4.78, 5) is 4.78. The van der Waals surface area contributed by atoms with Crippen LogP contribution in [0.5, 0.6) is 0 Å². The van der Waals surface area contributed by atoms with Crippen molar-refractivity contribution in [3.05, 3.63) is 53.8 Å². The zero-order valence-corrected chi connectivity index (χ0v) is 17.9. The summed E-state index contributed by atoms with van der Waals surface area (Å²) in [5, 5.41) is 13.4. The minimum Gasteiger partial charge on any atom is -0.511 e. The van der Waals surface area contributed by atoms with Crippen molar-refractivity contribution in [2.75, 3.05) is 13.7 Å². The fraction of sp³-hybridized carbons (Fsp3) is 0.542. The van der Waals surface area contributed by atoms with E-state index in [0.717, 1.165) is 23.2 Å². The number of nitrogens with one attached hydrogen (secondary N) is 1. The molecule has 1 aliphatic rings. The number of fused-ring (bicyclic) bond motifs is 1. The summed E-state index contributed by atoms with van der Waals surface area (Å²) in [6.45, 7) is 15.2. The maximum absolute atomic E-state index is 10.0. The highest BCUT2D eigenvalue weighted by Crippen LogP contribution is 2.37. The molecule has 1 aliphatic heterocycles. The minimum absolute atomic E-state index is 0.0944. The van der Waals surface area contributed by atoms with Crippen LogP contribution in [0.4, 0.5) is 0 Å². The van der Waals surface area contributed by atoms with Gasteiger partial charge in [-0.1, -0.05) is 52.0 Å². The van der Waals surface area contributed by atoms with Gasteiger partial charge in [0.1, 0.15) is 5.76 Å². The molecule has 28 heavy (non-hydrogen) atoms. The summed E-state index contributed by atoms with van der Waals surface area (Å²) in [6.07, 6.45) is 6.47. The lowest BCUT2D eigenvalue weighted by Crippen LogP contribution is -2.40. The Morgan fingerprint density at radius 1 is 1.39 bits per heavy atom. The molecule has 2 rings (SSSR count). The topological polar surface area (TPSA) is 53.8 Å². The molecule has 0 fully saturated rings. The van der Waals surface area contributed by atoms with Crippen molar-refractivity contribution in [2.45, 2.75) is 64.5 Å². The van der Waals surface area contributed by atoms with E-state index in [-0.39, 0.29) is 17.7 Å². The number of aliphatic hydroxyl groups excluding tert-OH is 1. The highest BCUT2D eigenvalue weighted by molar-refractivity contribution is 5.83. The number of ether oxygens (including phenoxy) is 1. The second-order valence-electron chi connectivity index (χ2n) is 7.96. The van der Waals surface area contributed by atoms with Crippen molar-refractivity contribution in [1.82, 2.24) is 5.32 Å². The SMILES string of the molecule is C=C1NC(C(=C)O)C(CCOC)c2ccc(/C=N\[C@@H](C)C(C)CCCC)cc21. The summed E-state index contributed by atoms with van der Waals surface area (Å²) in [7, 11) is 1.70. The Kier molecular flexibility index (Phi) is 8.31. The summed E-state index contributed by atoms with van der Waals surface area (Å²) in [5.74, 6) is 0.811. The molecule has 3 unspecified atom stereocenters. The van der Waals surface area contributed by atoms with Crippen LogP contribution >= 0.6 is 0 Å². The molecule has 1 aromatic rings. The molecule has 2 N–H and O–H groups in total. The van der Waals surface area contributed by atoms with Crippen LogP contribution < -0.4 is 5.32 Å². The normalized spacial score (nSPS) is 21.2. The monoisotopic (exact) mass is 384 g/mol. The number of rotatable bonds is 10. The van der Waals surface area contributed by atoms with E-state index >= 15 is 0 Å². The van der Waals surface area contributed by atoms with Gasteiger partial charge < -0.3 is 15.2 Å². The average molecular weight is 385 g/mol. The van der Waals surface area contributed by atoms with Crippen molar-refractivity contribution >= 4 is 11.9 Å². The molecule has 0 saturated heterocycles. The number of aliphatic imine (C=N–C) groups is 1. The molecule has 154 valence electrons. The Labute approximate surface area is 170 Å². The van der Waals surface area contributed by atoms with Gasteiger partial charge in [0, 0.05) is 43.2 Å². The smallest absolute Gasteiger partial charge is 0.108 e. The van der Waals surface area contributed by atoms with Crippen molar-refractivity contribution in [2.24, 2.45) is 10.9 Å². The van der Waals surface area contributed by atoms with Gasteiger partial charge in [-0.3, -0.25) is 4.99 Å². The van der Waals surface area contributed by atoms with E-state index in [1.165, 1.54) is 24.8 Å². The van der Waals surface area contributed by atoms with Crippen molar-refractivity contribution in [1.29, 1.82) is 0 Å². The molecule has 0 aliphatic carbocycles. The van der Waals surface area contributed by atoms with Gasteiger partial charge in [0.2, 0.25) is 0 Å². The molecule has 4 atom stereocenters. The van der Waals surface area contributed by atoms with E-state index in [9.17, 15) is 5.11 Å². The fourth-order valence-electron chi connectivity index (χ4n) is 3.78. The first-order valence-electron chi connectivity index (χ1n) is 10.4. The van der Waals surface area contributed by atoms with E-state index in [1.54, 1.807) is 7.11 Å². The molecule has 0 bridgehead atoms. The van der Waals surface area contributed by atoms with E-state index in [2.05, 4.69) is 57.4 Å². The first-order chi connectivity index (χ1) is 13.4. The molecule has 1 heterocycles. The summed E-state index contributed by atoms with van der Waals surface area (Å²) in [6, 6.07) is 6.42. The molecule has 0 radical (unpaired) electrons. The van der Waals surface area contributed by atoms with Crippen LogP contribution in [0.15, 0.2) is 42.1 Å². The van der Waals surface area contributed by atoms with Gasteiger partial charge in [0.25, 0.3) is 0 Å². The highest BCUT2D eigenvalue weighted by atomic mass is 16.5. The summed E-state index contributed by atoms with van der Waals surface area (Å²) < 4.78 is 5.27. The number of benzene rings is 1. The van der Waals surface area contributed by atoms with E-state index in [0.29, 0.717) is 18.6 Å². The first kappa shape index (κ1) is 22.2. The summed E-state index contributed by atoms with van der Waals surface area (Å²) in [5.41, 5.74) is 4.13. The predicted molar refractivity (Wildman–Crippen MR) is 119 cm³/mol. The molecular formula is C24H36N2O2. The molecule has 1 aromatic carbocycles. The molecule has 4 heteroatoms. The number of nitrogens with zero attached hydrogens (tertiary/aromatic N) is 1. The molecular weight excluding hydrogens is 348 g/mol. The third-order valence-corrected chi connectivity index (χ3v) is 5.82. The Balaban J connectivity index is 2.23. The van der Waals surface area contributed by atoms with Gasteiger partial charge in [-0.2, -0.15) is 0 Å². The molecule has 0 saturated carbocycles. The van der Waals surface area contributed by atoms with Gasteiger partial charge in [-0.25, -0.2) is 0 Å². The van der Waals surface area contributed by atoms with E-state index in [1.807, 2.05) is 6.21 Å². The van der Waals surface area contributed by atoms with E-state index in [4.69, 9.17) is 9.73 Å². The fourth-order valence-corrected chi connectivity index (χ4v) is 3.78. The Morgan fingerprint density at radius 3 is 2.79 bits per heavy atom. The Morgan fingerprint density at radius 2 is 2.14 bits per heavy atom. The zero-order valence-electron chi connectivity index (χ0n) is 17.9. The number of methoxy groups -OCH3 is 1. The first-order valence-corrected chi connectivity index (χ1v) is 10.4. The van der Waals surface area contributed by atoms with Gasteiger partial charge in [0.05, 0.1) is 6.04 Å². The standard InChI is InChI=1S/C24H36N2O2/c1-7-8-9-16(2)17(3)25-15-20-10-11-21-22(12-13-28-6)24(19(5)27)26-18(4)23(21)14-20/h10-11,14-17,22,24,26-27H,4-5,7-9,12-13H2,1-3,6H3/b25-15-/t16?,17-,22?,24?/m0/s1. The second-order valence-corrected chi connectivity index (χ2v) is 7.96. The Bertz CT molecular complexity index is 711. The minimum atomic E-state index is -0.242.